The number of thioether (sulfide) groups is 2. The van der Waals surface area contributed by atoms with Gasteiger partial charge in [-0.3, -0.25) is 9.59 Å². The third kappa shape index (κ3) is 4.02. The van der Waals surface area contributed by atoms with E-state index in [1.807, 2.05) is 42.5 Å². The summed E-state index contributed by atoms with van der Waals surface area (Å²) in [5, 5.41) is -0.141. The van der Waals surface area contributed by atoms with Crippen molar-refractivity contribution in [3.05, 3.63) is 75.1 Å². The molecule has 0 spiro atoms. The number of amides is 1. The van der Waals surface area contributed by atoms with Gasteiger partial charge in [0.15, 0.2) is 0 Å². The van der Waals surface area contributed by atoms with E-state index in [9.17, 15) is 9.59 Å². The Balaban J connectivity index is 1.73. The highest BCUT2D eigenvalue weighted by atomic mass is 79.9. The third-order valence-corrected chi connectivity index (χ3v) is 5.61. The highest BCUT2D eigenvalue weighted by Gasteiger charge is 2.25. The van der Waals surface area contributed by atoms with Crippen molar-refractivity contribution < 1.29 is 9.59 Å². The fraction of sp³-hybridized carbons (Fsp3) is 0. The van der Waals surface area contributed by atoms with Crippen LogP contribution in [0.15, 0.2) is 69.0 Å². The van der Waals surface area contributed by atoms with Crippen LogP contribution in [0, 0.1) is 0 Å². The first kappa shape index (κ1) is 16.2. The van der Waals surface area contributed by atoms with Gasteiger partial charge < -0.3 is 0 Å². The molecule has 2 aromatic rings. The topological polar surface area (TPSA) is 46.5 Å². The Morgan fingerprint density at radius 3 is 2.52 bits per heavy atom. The molecule has 1 aliphatic heterocycles. The quantitative estimate of drug-likeness (QED) is 0.662. The lowest BCUT2D eigenvalue weighted by Gasteiger charge is -2.01. The molecule has 3 rings (SSSR count). The second kappa shape index (κ2) is 7.29. The summed E-state index contributed by atoms with van der Waals surface area (Å²) >= 11 is 5.56. The van der Waals surface area contributed by atoms with Crippen LogP contribution in [0.2, 0.25) is 0 Å². The van der Waals surface area contributed by atoms with Crippen molar-refractivity contribution in [1.82, 2.24) is 0 Å². The Morgan fingerprint density at radius 1 is 1.09 bits per heavy atom. The van der Waals surface area contributed by atoms with Crippen LogP contribution >= 0.6 is 39.5 Å². The van der Waals surface area contributed by atoms with Crippen LogP contribution in [0.1, 0.15) is 15.9 Å². The lowest BCUT2D eigenvalue weighted by Crippen LogP contribution is -1.97. The predicted molar refractivity (Wildman–Crippen MR) is 101 cm³/mol. The Morgan fingerprint density at radius 2 is 1.78 bits per heavy atom. The summed E-state index contributed by atoms with van der Waals surface area (Å²) in [5.41, 5.74) is 1.50. The predicted octanol–water partition coefficient (Wildman–Crippen LogP) is 4.99. The highest BCUT2D eigenvalue weighted by Crippen LogP contribution is 2.35. The number of nitrogens with zero attached hydrogens (tertiary/aromatic N) is 1. The second-order valence-electron chi connectivity index (χ2n) is 4.57. The normalized spacial score (nSPS) is 15.8. The SMILES string of the molecule is O=C1N=C(SC(=O)c2ccccc2Br)SC1=Cc1ccccc1. The molecule has 1 heterocycles. The smallest absolute Gasteiger partial charge is 0.281 e. The van der Waals surface area contributed by atoms with Gasteiger partial charge in [0, 0.05) is 10.0 Å². The molecule has 0 radical (unpaired) electrons. The van der Waals surface area contributed by atoms with Crippen molar-refractivity contribution in [2.75, 3.05) is 0 Å². The van der Waals surface area contributed by atoms with Crippen LogP contribution < -0.4 is 0 Å². The second-order valence-corrected chi connectivity index (χ2v) is 7.68. The molecule has 1 amide bonds. The molecule has 23 heavy (non-hydrogen) atoms. The van der Waals surface area contributed by atoms with Gasteiger partial charge in [0.05, 0.1) is 4.91 Å². The molecule has 2 aromatic carbocycles. The molecule has 0 fully saturated rings. The largest absolute Gasteiger partial charge is 0.285 e. The minimum atomic E-state index is -0.304. The fourth-order valence-corrected chi connectivity index (χ4v) is 4.37. The van der Waals surface area contributed by atoms with Crippen LogP contribution in [0.3, 0.4) is 0 Å². The van der Waals surface area contributed by atoms with Crippen molar-refractivity contribution in [2.24, 2.45) is 4.99 Å². The molecular formula is C17H10BrNO2S2. The van der Waals surface area contributed by atoms with Gasteiger partial charge in [-0.2, -0.15) is 4.99 Å². The molecule has 0 aromatic heterocycles. The lowest BCUT2D eigenvalue weighted by atomic mass is 10.2. The number of hydrogen-bond acceptors (Lipinski definition) is 4. The zero-order valence-corrected chi connectivity index (χ0v) is 15.0. The summed E-state index contributed by atoms with van der Waals surface area (Å²) in [6, 6.07) is 16.8. The van der Waals surface area contributed by atoms with Crippen molar-refractivity contribution in [2.45, 2.75) is 0 Å². The molecule has 114 valence electrons. The Kier molecular flexibility index (Phi) is 5.15. The van der Waals surface area contributed by atoms with E-state index in [1.165, 1.54) is 11.8 Å². The number of benzene rings is 2. The molecule has 0 saturated carbocycles. The summed E-state index contributed by atoms with van der Waals surface area (Å²) in [5.74, 6) is -0.304. The number of halogens is 1. The molecule has 6 heteroatoms. The van der Waals surface area contributed by atoms with Gasteiger partial charge in [0.2, 0.25) is 5.12 Å². The summed E-state index contributed by atoms with van der Waals surface area (Å²) in [6.07, 6.45) is 1.78. The van der Waals surface area contributed by atoms with Crippen molar-refractivity contribution in [3.8, 4) is 0 Å². The summed E-state index contributed by atoms with van der Waals surface area (Å²) in [7, 11) is 0. The lowest BCUT2D eigenvalue weighted by molar-refractivity contribution is -0.113. The van der Waals surface area contributed by atoms with Crippen LogP contribution in [0.4, 0.5) is 0 Å². The molecule has 0 atom stereocenters. The maximum atomic E-state index is 12.3. The van der Waals surface area contributed by atoms with Gasteiger partial charge >= 0.3 is 0 Å². The molecule has 0 saturated heterocycles. The van der Waals surface area contributed by atoms with E-state index >= 15 is 0 Å². The molecule has 0 aliphatic carbocycles. The maximum Gasteiger partial charge on any atom is 0.285 e. The van der Waals surface area contributed by atoms with E-state index < -0.39 is 0 Å². The number of hydrogen-bond donors (Lipinski definition) is 0. The zero-order valence-electron chi connectivity index (χ0n) is 11.7. The molecule has 0 N–H and O–H groups in total. The van der Waals surface area contributed by atoms with Gasteiger partial charge in [-0.1, -0.05) is 70.2 Å². The van der Waals surface area contributed by atoms with Crippen molar-refractivity contribution in [3.63, 3.8) is 0 Å². The Hall–Kier alpha value is -1.63. The number of carbonyl (C=O) groups is 2. The zero-order chi connectivity index (χ0) is 16.2. The third-order valence-electron chi connectivity index (χ3n) is 2.97. The number of aliphatic imine (C=N–C) groups is 1. The highest BCUT2D eigenvalue weighted by molar-refractivity contribution is 9.10. The van der Waals surface area contributed by atoms with E-state index in [2.05, 4.69) is 20.9 Å². The molecule has 1 aliphatic rings. The Bertz CT molecular complexity index is 831. The minimum absolute atomic E-state index is 0.141. The van der Waals surface area contributed by atoms with Crippen LogP contribution in [-0.2, 0) is 4.79 Å². The van der Waals surface area contributed by atoms with Gasteiger partial charge in [0.25, 0.3) is 5.91 Å². The van der Waals surface area contributed by atoms with Crippen LogP contribution in [-0.4, -0.2) is 15.4 Å². The Labute approximate surface area is 150 Å². The number of carbonyl (C=O) groups excluding carboxylic acids is 2. The van der Waals surface area contributed by atoms with Gasteiger partial charge in [-0.25, -0.2) is 0 Å². The summed E-state index contributed by atoms with van der Waals surface area (Å²) in [6.45, 7) is 0. The van der Waals surface area contributed by atoms with Crippen molar-refractivity contribution in [1.29, 1.82) is 0 Å². The standard InChI is InChI=1S/C17H10BrNO2S2/c18-13-9-5-4-8-12(13)16(21)23-17-19-15(20)14(22-17)10-11-6-2-1-3-7-11/h1-10H. The fourth-order valence-electron chi connectivity index (χ4n) is 1.90. The average Bonchev–Trinajstić information content (AvgIpc) is 2.88. The maximum absolute atomic E-state index is 12.3. The molecular weight excluding hydrogens is 394 g/mol. The van der Waals surface area contributed by atoms with Gasteiger partial charge in [-0.05, 0) is 35.5 Å². The monoisotopic (exact) mass is 403 g/mol. The van der Waals surface area contributed by atoms with Gasteiger partial charge in [-0.15, -0.1) is 0 Å². The van der Waals surface area contributed by atoms with Crippen molar-refractivity contribution >= 4 is 60.9 Å². The summed E-state index contributed by atoms with van der Waals surface area (Å²) in [4.78, 5) is 28.8. The number of rotatable bonds is 2. The summed E-state index contributed by atoms with van der Waals surface area (Å²) < 4.78 is 1.19. The van der Waals surface area contributed by atoms with Crippen LogP contribution in [0.5, 0.6) is 0 Å². The molecule has 0 bridgehead atoms. The first-order chi connectivity index (χ1) is 11.1. The van der Waals surface area contributed by atoms with E-state index in [-0.39, 0.29) is 11.0 Å². The molecule has 0 unspecified atom stereocenters. The first-order valence-electron chi connectivity index (χ1n) is 6.68. The van der Waals surface area contributed by atoms with Crippen LogP contribution in [0.25, 0.3) is 6.08 Å². The average molecular weight is 404 g/mol. The van der Waals surface area contributed by atoms with Gasteiger partial charge in [0.1, 0.15) is 4.38 Å². The molecule has 3 nitrogen and oxygen atoms in total. The first-order valence-corrected chi connectivity index (χ1v) is 9.10. The van der Waals surface area contributed by atoms with E-state index in [1.54, 1.807) is 18.2 Å². The van der Waals surface area contributed by atoms with E-state index in [0.717, 1.165) is 21.8 Å². The van der Waals surface area contributed by atoms with E-state index in [4.69, 9.17) is 0 Å². The van der Waals surface area contributed by atoms with E-state index in [0.29, 0.717) is 14.8 Å². The minimum Gasteiger partial charge on any atom is -0.281 e.